The summed E-state index contributed by atoms with van der Waals surface area (Å²) in [6.07, 6.45) is 20.1. The summed E-state index contributed by atoms with van der Waals surface area (Å²) in [5.41, 5.74) is 10.1. The van der Waals surface area contributed by atoms with Crippen molar-refractivity contribution in [2.45, 2.75) is 136 Å². The highest BCUT2D eigenvalue weighted by atomic mass is 15.2. The van der Waals surface area contributed by atoms with Gasteiger partial charge in [0.15, 0.2) is 6.17 Å². The topological polar surface area (TPSA) is 49.6 Å². The first-order valence-corrected chi connectivity index (χ1v) is 20.0. The molecule has 0 bridgehead atoms. The number of hydrogen-bond donors (Lipinski definition) is 1. The van der Waals surface area contributed by atoms with Gasteiger partial charge in [-0.3, -0.25) is 4.98 Å². The van der Waals surface area contributed by atoms with E-state index in [-0.39, 0.29) is 17.0 Å². The Morgan fingerprint density at radius 2 is 1.22 bits per heavy atom. The first-order valence-electron chi connectivity index (χ1n) is 20.0. The molecule has 4 aromatic rings. The van der Waals surface area contributed by atoms with Crippen LogP contribution in [0, 0.1) is 5.41 Å². The van der Waals surface area contributed by atoms with Crippen molar-refractivity contribution >= 4 is 11.7 Å². The van der Waals surface area contributed by atoms with Gasteiger partial charge in [0.2, 0.25) is 0 Å². The Balaban J connectivity index is 1.30. The maximum absolute atomic E-state index is 5.08. The summed E-state index contributed by atoms with van der Waals surface area (Å²) in [6.45, 7) is 11.2. The molecule has 0 spiro atoms. The molecule has 4 nitrogen and oxygen atoms in total. The molecule has 3 aromatic carbocycles. The van der Waals surface area contributed by atoms with Crippen LogP contribution in [0.1, 0.15) is 153 Å². The Morgan fingerprint density at radius 1 is 0.608 bits per heavy atom. The molecule has 1 N–H and O–H groups in total. The fourth-order valence-corrected chi connectivity index (χ4v) is 8.15. The van der Waals surface area contributed by atoms with Crippen LogP contribution >= 0.6 is 0 Å². The third kappa shape index (κ3) is 8.54. The van der Waals surface area contributed by atoms with Crippen molar-refractivity contribution in [2.24, 2.45) is 15.4 Å². The number of pyridine rings is 1. The minimum absolute atomic E-state index is 0.0628. The number of aromatic nitrogens is 1. The number of rotatable bonds is 17. The van der Waals surface area contributed by atoms with Crippen LogP contribution < -0.4 is 5.32 Å². The van der Waals surface area contributed by atoms with Crippen molar-refractivity contribution < 1.29 is 0 Å². The summed E-state index contributed by atoms with van der Waals surface area (Å²) < 4.78 is 0. The Morgan fingerprint density at radius 3 is 1.86 bits per heavy atom. The SMILES string of the molecule is CCCCCCCCC1(CCCCCCCC)c2ccccc2-c2ccc(-c3ccc(C4=NC(c5ccccc5)N=C(C(C)(C)C)N4)cn3)cc21. The van der Waals surface area contributed by atoms with Crippen molar-refractivity contribution in [1.29, 1.82) is 0 Å². The van der Waals surface area contributed by atoms with Gasteiger partial charge in [-0.2, -0.15) is 0 Å². The van der Waals surface area contributed by atoms with E-state index < -0.39 is 0 Å². The fourth-order valence-electron chi connectivity index (χ4n) is 8.15. The largest absolute Gasteiger partial charge is 0.328 e. The maximum Gasteiger partial charge on any atom is 0.169 e. The van der Waals surface area contributed by atoms with Crippen molar-refractivity contribution in [2.75, 3.05) is 0 Å². The molecule has 1 aliphatic heterocycles. The zero-order chi connectivity index (χ0) is 35.7. The molecule has 1 aliphatic carbocycles. The lowest BCUT2D eigenvalue weighted by molar-refractivity contribution is 0.398. The van der Waals surface area contributed by atoms with Gasteiger partial charge in [-0.15, -0.1) is 0 Å². The summed E-state index contributed by atoms with van der Waals surface area (Å²) in [7, 11) is 0. The predicted octanol–water partition coefficient (Wildman–Crippen LogP) is 13.0. The lowest BCUT2D eigenvalue weighted by atomic mass is 9.70. The van der Waals surface area contributed by atoms with Gasteiger partial charge in [-0.05, 0) is 58.9 Å². The fraction of sp³-hybridized carbons (Fsp3) is 0.468. The molecule has 51 heavy (non-hydrogen) atoms. The Labute approximate surface area is 308 Å². The Bertz CT molecular complexity index is 1760. The molecule has 0 radical (unpaired) electrons. The van der Waals surface area contributed by atoms with Crippen molar-refractivity contribution in [3.63, 3.8) is 0 Å². The second-order valence-electron chi connectivity index (χ2n) is 16.0. The monoisotopic (exact) mass is 680 g/mol. The molecule has 1 unspecified atom stereocenters. The minimum atomic E-state index is -0.277. The number of aliphatic imine (C=N–C) groups is 2. The van der Waals surface area contributed by atoms with Crippen LogP contribution in [0.5, 0.6) is 0 Å². The lowest BCUT2D eigenvalue weighted by Gasteiger charge is -2.33. The highest BCUT2D eigenvalue weighted by molar-refractivity contribution is 6.11. The zero-order valence-corrected chi connectivity index (χ0v) is 32.0. The average molecular weight is 681 g/mol. The van der Waals surface area contributed by atoms with Gasteiger partial charge in [0.25, 0.3) is 0 Å². The van der Waals surface area contributed by atoms with Crippen molar-refractivity contribution in [3.05, 3.63) is 113 Å². The Kier molecular flexibility index (Phi) is 12.2. The third-order valence-electron chi connectivity index (χ3n) is 11.1. The molecule has 0 saturated carbocycles. The second kappa shape index (κ2) is 17.0. The quantitative estimate of drug-likeness (QED) is 0.113. The van der Waals surface area contributed by atoms with Crippen LogP contribution in [0.3, 0.4) is 0 Å². The molecule has 0 amide bonds. The van der Waals surface area contributed by atoms with Gasteiger partial charge in [0.05, 0.1) is 5.69 Å². The number of nitrogens with one attached hydrogen (secondary N) is 1. The van der Waals surface area contributed by atoms with Gasteiger partial charge in [-0.1, -0.05) is 178 Å². The number of amidine groups is 2. The summed E-state index contributed by atoms with van der Waals surface area (Å²) in [5.74, 6) is 1.76. The van der Waals surface area contributed by atoms with E-state index >= 15 is 0 Å². The summed E-state index contributed by atoms with van der Waals surface area (Å²) >= 11 is 0. The first kappa shape index (κ1) is 36.7. The number of hydrogen-bond acceptors (Lipinski definition) is 4. The van der Waals surface area contributed by atoms with Gasteiger partial charge in [-0.25, -0.2) is 9.98 Å². The van der Waals surface area contributed by atoms with E-state index in [0.717, 1.165) is 28.5 Å². The number of nitrogens with zero attached hydrogens (tertiary/aromatic N) is 3. The van der Waals surface area contributed by atoms with Crippen LogP contribution in [0.15, 0.2) is 101 Å². The van der Waals surface area contributed by atoms with E-state index in [0.29, 0.717) is 0 Å². The van der Waals surface area contributed by atoms with Gasteiger partial charge in [0.1, 0.15) is 11.7 Å². The van der Waals surface area contributed by atoms with Crippen LogP contribution in [0.2, 0.25) is 0 Å². The third-order valence-corrected chi connectivity index (χ3v) is 11.1. The van der Waals surface area contributed by atoms with Crippen LogP contribution in [-0.2, 0) is 5.41 Å². The van der Waals surface area contributed by atoms with E-state index in [4.69, 9.17) is 15.0 Å². The predicted molar refractivity (Wildman–Crippen MR) is 218 cm³/mol. The molecular formula is C47H60N4. The van der Waals surface area contributed by atoms with E-state index in [1.165, 1.54) is 112 Å². The van der Waals surface area contributed by atoms with Gasteiger partial charge >= 0.3 is 0 Å². The van der Waals surface area contributed by atoms with Crippen LogP contribution in [0.4, 0.5) is 0 Å². The number of benzene rings is 3. The number of unbranched alkanes of at least 4 members (excludes halogenated alkanes) is 10. The van der Waals surface area contributed by atoms with Crippen LogP contribution in [-0.4, -0.2) is 16.7 Å². The maximum atomic E-state index is 5.08. The van der Waals surface area contributed by atoms with Crippen molar-refractivity contribution in [1.82, 2.24) is 10.3 Å². The highest BCUT2D eigenvalue weighted by Crippen LogP contribution is 2.55. The molecule has 2 heterocycles. The molecule has 2 aliphatic rings. The molecule has 1 aromatic heterocycles. The molecule has 1 atom stereocenters. The van der Waals surface area contributed by atoms with Crippen LogP contribution in [0.25, 0.3) is 22.4 Å². The van der Waals surface area contributed by atoms with Gasteiger partial charge in [0, 0.05) is 28.2 Å². The van der Waals surface area contributed by atoms with Gasteiger partial charge < -0.3 is 5.32 Å². The number of fused-ring (bicyclic) bond motifs is 3. The highest BCUT2D eigenvalue weighted by Gasteiger charge is 2.42. The van der Waals surface area contributed by atoms with Crippen molar-refractivity contribution in [3.8, 4) is 22.4 Å². The summed E-state index contributed by atoms with van der Waals surface area (Å²) in [6, 6.07) is 31.2. The summed E-state index contributed by atoms with van der Waals surface area (Å²) in [5, 5.41) is 3.55. The molecular weight excluding hydrogens is 621 g/mol. The molecule has 0 saturated heterocycles. The molecule has 268 valence electrons. The van der Waals surface area contributed by atoms with E-state index in [2.05, 4.69) is 119 Å². The standard InChI is InChI=1S/C47H60N4/c1-6-8-10-12-14-21-31-47(32-22-15-13-11-9-7-2)40-26-20-19-25-38(40)39-29-27-36(33-41(39)47)42-30-28-37(34-48-42)44-49-43(35-23-17-16-18-24-35)50-45(51-44)46(3,4)5/h16-20,23-30,33-34,43H,6-15,21-22,31-32H2,1-5H3,(H,49,50,51). The Hall–Kier alpha value is -4.05. The normalized spacial score (nSPS) is 16.2. The van der Waals surface area contributed by atoms with E-state index in [1.54, 1.807) is 5.56 Å². The smallest absolute Gasteiger partial charge is 0.169 e. The van der Waals surface area contributed by atoms with E-state index in [1.807, 2.05) is 12.3 Å². The zero-order valence-electron chi connectivity index (χ0n) is 32.0. The molecule has 4 heteroatoms. The van der Waals surface area contributed by atoms with E-state index in [9.17, 15) is 0 Å². The molecule has 0 fully saturated rings. The average Bonchev–Trinajstić information content (AvgIpc) is 3.43. The minimum Gasteiger partial charge on any atom is -0.328 e. The second-order valence-corrected chi connectivity index (χ2v) is 16.0. The first-order chi connectivity index (χ1) is 24.8. The lowest BCUT2D eigenvalue weighted by Crippen LogP contribution is -2.42. The summed E-state index contributed by atoms with van der Waals surface area (Å²) in [4.78, 5) is 15.1. The molecule has 6 rings (SSSR count).